The lowest BCUT2D eigenvalue weighted by Gasteiger charge is -2.10. The van der Waals surface area contributed by atoms with Crippen molar-refractivity contribution in [3.05, 3.63) is 77.9 Å². The molecule has 4 rings (SSSR count). The fourth-order valence-corrected chi connectivity index (χ4v) is 5.29. The van der Waals surface area contributed by atoms with E-state index >= 15 is 0 Å². The van der Waals surface area contributed by atoms with Crippen molar-refractivity contribution in [1.82, 2.24) is 0 Å². The molecule has 0 aliphatic rings. The van der Waals surface area contributed by atoms with E-state index in [1.165, 1.54) is 19.2 Å². The van der Waals surface area contributed by atoms with Crippen LogP contribution in [0.4, 0.5) is 0 Å². The molecule has 14 nitrogen and oxygen atoms in total. The molecule has 0 saturated heterocycles. The van der Waals surface area contributed by atoms with Crippen LogP contribution in [0.25, 0.3) is 10.8 Å². The first-order chi connectivity index (χ1) is 18.8. The molecule has 0 aliphatic carbocycles. The van der Waals surface area contributed by atoms with Gasteiger partial charge in [0.25, 0.3) is 30.4 Å². The summed E-state index contributed by atoms with van der Waals surface area (Å²) in [5.74, 6) is -2.60. The summed E-state index contributed by atoms with van der Waals surface area (Å²) in [6, 6.07) is 13.0. The molecule has 6 N–H and O–H groups in total. The highest BCUT2D eigenvalue weighted by Crippen LogP contribution is 2.37. The maximum atomic E-state index is 12.3. The Balaban J connectivity index is 0.000000226. The Kier molecular flexibility index (Phi) is 8.63. The maximum Gasteiger partial charge on any atom is 0.298 e. The van der Waals surface area contributed by atoms with Gasteiger partial charge >= 0.3 is 0 Å². The van der Waals surface area contributed by atoms with Crippen molar-refractivity contribution in [2.45, 2.75) is 14.7 Å². The Hall–Kier alpha value is -4.26. The smallest absolute Gasteiger partial charge is 0.298 e. The Morgan fingerprint density at radius 1 is 0.659 bits per heavy atom. The summed E-state index contributed by atoms with van der Waals surface area (Å²) in [5.41, 5.74) is 0.0360. The number of phenols is 3. The molecule has 0 radical (unpaired) electrons. The molecule has 0 bridgehead atoms. The standard InChI is InChI=1S/C14H12O6S.C10H8O8S2/c1-20-12-8-11(15)10(7-13(12)21(17,18)19)14(16)9-5-3-2-4-6-9;11-8-3-6(19(13,14)15)1-5-2-7(20(16,17)18)4-9(12)10(5)8/h2-8,15H,1H3,(H,17,18,19);1-4,11-12H,(H,13,14,15)(H,16,17,18). The average molecular weight is 629 g/mol. The summed E-state index contributed by atoms with van der Waals surface area (Å²) >= 11 is 0. The molecule has 4 aromatic rings. The highest BCUT2D eigenvalue weighted by Gasteiger charge is 2.23. The zero-order valence-corrected chi connectivity index (χ0v) is 23.0. The van der Waals surface area contributed by atoms with Gasteiger partial charge in [-0.15, -0.1) is 0 Å². The number of ketones is 1. The average Bonchev–Trinajstić information content (AvgIpc) is 2.86. The third kappa shape index (κ3) is 7.09. The van der Waals surface area contributed by atoms with Crippen molar-refractivity contribution in [2.24, 2.45) is 0 Å². The quantitative estimate of drug-likeness (QED) is 0.133. The number of aromatic hydroxyl groups is 3. The Bertz CT molecular complexity index is 1910. The fraction of sp³-hybridized carbons (Fsp3) is 0.0417. The third-order valence-corrected chi connectivity index (χ3v) is 7.93. The predicted octanol–water partition coefficient (Wildman–Crippen LogP) is 2.62. The van der Waals surface area contributed by atoms with Crippen molar-refractivity contribution in [2.75, 3.05) is 7.11 Å². The number of carbonyl (C=O) groups excluding carboxylic acids is 1. The molecule has 0 amide bonds. The Morgan fingerprint density at radius 2 is 1.15 bits per heavy atom. The number of rotatable bonds is 6. The molecular weight excluding hydrogens is 608 g/mol. The van der Waals surface area contributed by atoms with Crippen molar-refractivity contribution in [3.8, 4) is 23.0 Å². The number of ether oxygens (including phenoxy) is 1. The normalized spacial score (nSPS) is 11.9. The number of carbonyl (C=O) groups is 1. The lowest BCUT2D eigenvalue weighted by atomic mass is 10.0. The minimum Gasteiger partial charge on any atom is -0.507 e. The Labute approximate surface area is 233 Å². The highest BCUT2D eigenvalue weighted by atomic mass is 32.2. The molecule has 4 aromatic carbocycles. The van der Waals surface area contributed by atoms with E-state index in [2.05, 4.69) is 0 Å². The van der Waals surface area contributed by atoms with Gasteiger partial charge in [0.1, 0.15) is 27.9 Å². The molecule has 218 valence electrons. The van der Waals surface area contributed by atoms with Gasteiger partial charge in [-0.2, -0.15) is 25.3 Å². The zero-order valence-electron chi connectivity index (χ0n) is 20.5. The number of methoxy groups -OCH3 is 1. The van der Waals surface area contributed by atoms with E-state index in [-0.39, 0.29) is 27.6 Å². The molecular formula is C24H20O14S3. The monoisotopic (exact) mass is 628 g/mol. The van der Waals surface area contributed by atoms with E-state index in [4.69, 9.17) is 18.4 Å². The summed E-state index contributed by atoms with van der Waals surface area (Å²) < 4.78 is 98.4. The highest BCUT2D eigenvalue weighted by molar-refractivity contribution is 7.86. The fourth-order valence-electron chi connectivity index (χ4n) is 3.55. The maximum absolute atomic E-state index is 12.3. The van der Waals surface area contributed by atoms with E-state index in [0.717, 1.165) is 24.3 Å². The van der Waals surface area contributed by atoms with E-state index in [9.17, 15) is 45.4 Å². The zero-order chi connectivity index (χ0) is 30.9. The van der Waals surface area contributed by atoms with E-state index < -0.39 is 68.1 Å². The van der Waals surface area contributed by atoms with Crippen LogP contribution < -0.4 is 4.74 Å². The second-order valence-electron chi connectivity index (χ2n) is 8.12. The second-order valence-corrected chi connectivity index (χ2v) is 12.4. The van der Waals surface area contributed by atoms with Crippen LogP contribution in [0.5, 0.6) is 23.0 Å². The number of hydrogen-bond acceptors (Lipinski definition) is 11. The summed E-state index contributed by atoms with van der Waals surface area (Å²) in [5, 5.41) is 28.7. The molecule has 0 aromatic heterocycles. The molecule has 0 unspecified atom stereocenters. The van der Waals surface area contributed by atoms with Crippen LogP contribution in [0.3, 0.4) is 0 Å². The second kappa shape index (κ2) is 11.3. The first-order valence-electron chi connectivity index (χ1n) is 10.8. The van der Waals surface area contributed by atoms with Crippen LogP contribution in [-0.4, -0.2) is 67.1 Å². The largest absolute Gasteiger partial charge is 0.507 e. The van der Waals surface area contributed by atoms with Crippen LogP contribution in [-0.2, 0) is 30.4 Å². The minimum atomic E-state index is -4.63. The lowest BCUT2D eigenvalue weighted by Crippen LogP contribution is -2.07. The first-order valence-corrected chi connectivity index (χ1v) is 15.1. The molecule has 0 aliphatic heterocycles. The predicted molar refractivity (Wildman–Crippen MR) is 141 cm³/mol. The molecule has 0 saturated carbocycles. The van der Waals surface area contributed by atoms with Gasteiger partial charge in [-0.1, -0.05) is 30.3 Å². The van der Waals surface area contributed by atoms with Gasteiger partial charge < -0.3 is 20.1 Å². The van der Waals surface area contributed by atoms with Crippen molar-refractivity contribution in [1.29, 1.82) is 0 Å². The van der Waals surface area contributed by atoms with E-state index in [0.29, 0.717) is 12.1 Å². The van der Waals surface area contributed by atoms with Crippen LogP contribution in [0.1, 0.15) is 15.9 Å². The van der Waals surface area contributed by atoms with Gasteiger partial charge in [0.15, 0.2) is 5.78 Å². The number of phenolic OH excluding ortho intramolecular Hbond substituents is 3. The first kappa shape index (κ1) is 31.3. The van der Waals surface area contributed by atoms with E-state index in [1.807, 2.05) is 0 Å². The topological polar surface area (TPSA) is 250 Å². The van der Waals surface area contributed by atoms with E-state index in [1.54, 1.807) is 18.2 Å². The van der Waals surface area contributed by atoms with Crippen LogP contribution >= 0.6 is 0 Å². The SMILES string of the molecule is COc1cc(O)c(C(=O)c2ccccc2)cc1S(=O)(=O)O.O=S(=O)(O)c1cc(O)c2c(O)cc(S(=O)(=O)O)cc2c1. The summed E-state index contributed by atoms with van der Waals surface area (Å²) in [4.78, 5) is 10.3. The number of benzene rings is 4. The number of hydrogen-bond donors (Lipinski definition) is 6. The van der Waals surface area contributed by atoms with Crippen LogP contribution in [0.15, 0.2) is 81.4 Å². The van der Waals surface area contributed by atoms with Gasteiger partial charge in [0, 0.05) is 23.8 Å². The van der Waals surface area contributed by atoms with Crippen molar-refractivity contribution >= 4 is 46.9 Å². The van der Waals surface area contributed by atoms with Crippen molar-refractivity contribution < 1.29 is 63.8 Å². The Morgan fingerprint density at radius 3 is 1.56 bits per heavy atom. The third-order valence-electron chi connectivity index (χ3n) is 5.39. The van der Waals surface area contributed by atoms with Gasteiger partial charge in [-0.05, 0) is 23.6 Å². The molecule has 0 atom stereocenters. The van der Waals surface area contributed by atoms with Gasteiger partial charge in [-0.3, -0.25) is 18.5 Å². The van der Waals surface area contributed by atoms with Gasteiger partial charge in [0.05, 0.1) is 27.9 Å². The van der Waals surface area contributed by atoms with Gasteiger partial charge in [0.2, 0.25) is 0 Å². The summed E-state index contributed by atoms with van der Waals surface area (Å²) in [7, 11) is -12.7. The van der Waals surface area contributed by atoms with Gasteiger partial charge in [-0.25, -0.2) is 0 Å². The van der Waals surface area contributed by atoms with Crippen molar-refractivity contribution in [3.63, 3.8) is 0 Å². The molecule has 41 heavy (non-hydrogen) atoms. The molecule has 17 heteroatoms. The molecule has 0 spiro atoms. The summed E-state index contributed by atoms with van der Waals surface area (Å²) in [6.45, 7) is 0. The molecule has 0 fully saturated rings. The molecule has 0 heterocycles. The summed E-state index contributed by atoms with van der Waals surface area (Å²) in [6.07, 6.45) is 0. The van der Waals surface area contributed by atoms with Crippen LogP contribution in [0, 0.1) is 0 Å². The van der Waals surface area contributed by atoms with Crippen LogP contribution in [0.2, 0.25) is 0 Å². The number of fused-ring (bicyclic) bond motifs is 1. The minimum absolute atomic E-state index is 0.190. The lowest BCUT2D eigenvalue weighted by molar-refractivity contribution is 0.103.